The van der Waals surface area contributed by atoms with E-state index in [1.54, 1.807) is 24.3 Å². The first kappa shape index (κ1) is 13.5. The fraction of sp³-hybridized carbons (Fsp3) is 0.182. The quantitative estimate of drug-likeness (QED) is 0.927. The van der Waals surface area contributed by atoms with Crippen molar-refractivity contribution >= 4 is 42.4 Å². The predicted molar refractivity (Wildman–Crippen MR) is 76.5 cm³/mol. The number of halogens is 1. The minimum absolute atomic E-state index is 0.204. The van der Waals surface area contributed by atoms with E-state index in [2.05, 4.69) is 25.6 Å². The van der Waals surface area contributed by atoms with Crippen LogP contribution in [-0.2, 0) is 10.0 Å². The summed E-state index contributed by atoms with van der Waals surface area (Å²) < 4.78 is 27.4. The van der Waals surface area contributed by atoms with Gasteiger partial charge in [-0.2, -0.15) is 0 Å². The summed E-state index contributed by atoms with van der Waals surface area (Å²) in [7, 11) is -3.60. The fourth-order valence-electron chi connectivity index (χ4n) is 1.35. The molecule has 1 heterocycles. The van der Waals surface area contributed by atoms with Crippen molar-refractivity contribution < 1.29 is 8.42 Å². The Hall–Kier alpha value is -0.920. The van der Waals surface area contributed by atoms with Crippen molar-refractivity contribution in [2.45, 2.75) is 18.7 Å². The number of hydrogen-bond acceptors (Lipinski definition) is 4. The fourth-order valence-corrected chi connectivity index (χ4v) is 4.40. The van der Waals surface area contributed by atoms with Crippen molar-refractivity contribution in [3.63, 3.8) is 0 Å². The van der Waals surface area contributed by atoms with Crippen LogP contribution in [0.3, 0.4) is 0 Å². The maximum atomic E-state index is 12.2. The van der Waals surface area contributed by atoms with Crippen LogP contribution in [0.15, 0.2) is 33.6 Å². The lowest BCUT2D eigenvalue weighted by Crippen LogP contribution is -2.13. The first-order valence-electron chi connectivity index (χ1n) is 5.11. The van der Waals surface area contributed by atoms with Crippen LogP contribution in [0.25, 0.3) is 0 Å². The van der Waals surface area contributed by atoms with Crippen LogP contribution in [0.4, 0.5) is 5.13 Å². The number of nitrogens with one attached hydrogen (secondary N) is 1. The van der Waals surface area contributed by atoms with Gasteiger partial charge in [-0.1, -0.05) is 12.1 Å². The zero-order valence-corrected chi connectivity index (χ0v) is 13.0. The Labute approximate surface area is 118 Å². The van der Waals surface area contributed by atoms with Gasteiger partial charge in [0.2, 0.25) is 0 Å². The van der Waals surface area contributed by atoms with Gasteiger partial charge >= 0.3 is 0 Å². The molecular weight excluding hydrogens is 336 g/mol. The molecule has 0 amide bonds. The number of aromatic nitrogens is 1. The molecule has 96 valence electrons. The average Bonchev–Trinajstić information content (AvgIpc) is 2.57. The Bertz CT molecular complexity index is 661. The van der Waals surface area contributed by atoms with Crippen molar-refractivity contribution in [3.8, 4) is 0 Å². The van der Waals surface area contributed by atoms with E-state index in [1.807, 2.05) is 13.8 Å². The molecule has 0 bridgehead atoms. The molecule has 1 aromatic carbocycles. The monoisotopic (exact) mass is 346 g/mol. The zero-order valence-electron chi connectivity index (χ0n) is 9.77. The zero-order chi connectivity index (χ0) is 13.3. The van der Waals surface area contributed by atoms with Gasteiger partial charge in [-0.05, 0) is 41.9 Å². The average molecular weight is 347 g/mol. The lowest BCUT2D eigenvalue weighted by Gasteiger charge is -2.06. The Balaban J connectivity index is 2.36. The van der Waals surface area contributed by atoms with Gasteiger partial charge in [-0.3, -0.25) is 4.72 Å². The molecule has 0 radical (unpaired) electrons. The molecule has 0 fully saturated rings. The molecule has 18 heavy (non-hydrogen) atoms. The minimum atomic E-state index is -3.60. The summed E-state index contributed by atoms with van der Waals surface area (Å²) in [5.74, 6) is 0. The highest BCUT2D eigenvalue weighted by Crippen LogP contribution is 2.27. The topological polar surface area (TPSA) is 59.1 Å². The van der Waals surface area contributed by atoms with E-state index in [-0.39, 0.29) is 4.90 Å². The van der Waals surface area contributed by atoms with Gasteiger partial charge in [0.25, 0.3) is 10.0 Å². The summed E-state index contributed by atoms with van der Waals surface area (Å²) in [6, 6.07) is 6.67. The molecule has 0 aliphatic heterocycles. The molecule has 4 nitrogen and oxygen atoms in total. The second-order valence-corrected chi connectivity index (χ2v) is 7.40. The maximum absolute atomic E-state index is 12.2. The van der Waals surface area contributed by atoms with Crippen LogP contribution in [-0.4, -0.2) is 13.4 Å². The Morgan fingerprint density at radius 1 is 1.28 bits per heavy atom. The molecule has 7 heteroatoms. The van der Waals surface area contributed by atoms with Gasteiger partial charge in [-0.25, -0.2) is 13.4 Å². The predicted octanol–water partition coefficient (Wildman–Crippen LogP) is 3.32. The van der Waals surface area contributed by atoms with Crippen molar-refractivity contribution in [3.05, 3.63) is 39.3 Å². The number of rotatable bonds is 3. The van der Waals surface area contributed by atoms with Crippen LogP contribution in [0.2, 0.25) is 0 Å². The number of thiazole rings is 1. The summed E-state index contributed by atoms with van der Waals surface area (Å²) in [4.78, 5) is 5.37. The summed E-state index contributed by atoms with van der Waals surface area (Å²) >= 11 is 4.55. The number of anilines is 1. The number of sulfonamides is 1. The van der Waals surface area contributed by atoms with Crippen molar-refractivity contribution in [1.82, 2.24) is 4.98 Å². The van der Waals surface area contributed by atoms with E-state index < -0.39 is 10.0 Å². The Kier molecular flexibility index (Phi) is 3.74. The highest BCUT2D eigenvalue weighted by atomic mass is 79.9. The van der Waals surface area contributed by atoms with E-state index in [0.29, 0.717) is 9.60 Å². The molecule has 0 aliphatic carbocycles. The smallest absolute Gasteiger partial charge is 0.255 e. The lowest BCUT2D eigenvalue weighted by atomic mass is 10.4. The standard InChI is InChI=1S/C11H11BrN2O2S2/c1-7-8(2)17-11(13-7)14-18(15,16)10-6-4-3-5-9(10)12/h3-6H,1-2H3,(H,13,14). The summed E-state index contributed by atoms with van der Waals surface area (Å²) in [5.41, 5.74) is 0.838. The Morgan fingerprint density at radius 3 is 2.50 bits per heavy atom. The molecule has 1 aromatic heterocycles. The van der Waals surface area contributed by atoms with Gasteiger partial charge < -0.3 is 0 Å². The van der Waals surface area contributed by atoms with Gasteiger partial charge in [0, 0.05) is 9.35 Å². The van der Waals surface area contributed by atoms with Crippen LogP contribution in [0.1, 0.15) is 10.6 Å². The highest BCUT2D eigenvalue weighted by Gasteiger charge is 2.19. The van der Waals surface area contributed by atoms with E-state index >= 15 is 0 Å². The van der Waals surface area contributed by atoms with Crippen LogP contribution in [0.5, 0.6) is 0 Å². The molecule has 0 saturated heterocycles. The normalized spacial score (nSPS) is 11.5. The third kappa shape index (κ3) is 2.73. The summed E-state index contributed by atoms with van der Waals surface area (Å²) in [6.45, 7) is 3.76. The Morgan fingerprint density at radius 2 is 1.94 bits per heavy atom. The second-order valence-electron chi connectivity index (χ2n) is 3.70. The van der Waals surface area contributed by atoms with E-state index in [9.17, 15) is 8.42 Å². The van der Waals surface area contributed by atoms with Crippen molar-refractivity contribution in [2.75, 3.05) is 4.72 Å². The van der Waals surface area contributed by atoms with Crippen LogP contribution < -0.4 is 4.72 Å². The molecule has 2 rings (SSSR count). The van der Waals surface area contributed by atoms with E-state index in [1.165, 1.54) is 11.3 Å². The van der Waals surface area contributed by atoms with Gasteiger partial charge in [0.15, 0.2) is 5.13 Å². The molecule has 0 atom stereocenters. The van der Waals surface area contributed by atoms with Crippen molar-refractivity contribution in [2.24, 2.45) is 0 Å². The molecule has 0 aliphatic rings. The largest absolute Gasteiger partial charge is 0.264 e. The first-order chi connectivity index (χ1) is 8.40. The highest BCUT2D eigenvalue weighted by molar-refractivity contribution is 9.10. The van der Waals surface area contributed by atoms with Gasteiger partial charge in [0.1, 0.15) is 4.90 Å². The lowest BCUT2D eigenvalue weighted by molar-refractivity contribution is 0.600. The molecule has 0 unspecified atom stereocenters. The third-order valence-electron chi connectivity index (χ3n) is 2.38. The SMILES string of the molecule is Cc1nc(NS(=O)(=O)c2ccccc2Br)sc1C. The summed E-state index contributed by atoms with van der Waals surface area (Å²) in [5, 5.41) is 0.390. The molecule has 0 spiro atoms. The van der Waals surface area contributed by atoms with Crippen LogP contribution >= 0.6 is 27.3 Å². The third-order valence-corrected chi connectivity index (χ3v) is 5.84. The number of nitrogens with zero attached hydrogens (tertiary/aromatic N) is 1. The van der Waals surface area contributed by atoms with E-state index in [4.69, 9.17) is 0 Å². The van der Waals surface area contributed by atoms with Gasteiger partial charge in [-0.15, -0.1) is 11.3 Å². The first-order valence-corrected chi connectivity index (χ1v) is 8.21. The number of benzene rings is 1. The van der Waals surface area contributed by atoms with Gasteiger partial charge in [0.05, 0.1) is 5.69 Å². The van der Waals surface area contributed by atoms with E-state index in [0.717, 1.165) is 10.6 Å². The minimum Gasteiger partial charge on any atom is -0.255 e. The number of aryl methyl sites for hydroxylation is 2. The maximum Gasteiger partial charge on any atom is 0.264 e. The molecule has 1 N–H and O–H groups in total. The molecular formula is C11H11BrN2O2S2. The van der Waals surface area contributed by atoms with Crippen LogP contribution in [0, 0.1) is 13.8 Å². The second kappa shape index (κ2) is 4.99. The number of hydrogen-bond donors (Lipinski definition) is 1. The van der Waals surface area contributed by atoms with Crippen molar-refractivity contribution in [1.29, 1.82) is 0 Å². The molecule has 0 saturated carbocycles. The summed E-state index contributed by atoms with van der Waals surface area (Å²) in [6.07, 6.45) is 0. The molecule has 2 aromatic rings.